The minimum Gasteiger partial charge on any atom is -0.376 e. The highest BCUT2D eigenvalue weighted by atomic mass is 32.2. The lowest BCUT2D eigenvalue weighted by atomic mass is 9.96. The van der Waals surface area contributed by atoms with Crippen LogP contribution in [0.25, 0.3) is 0 Å². The highest BCUT2D eigenvalue weighted by Crippen LogP contribution is 2.26. The Labute approximate surface area is 157 Å². The second kappa shape index (κ2) is 8.20. The Balaban J connectivity index is 1.59. The molecule has 0 bridgehead atoms. The van der Waals surface area contributed by atoms with Crippen molar-refractivity contribution in [2.24, 2.45) is 5.92 Å². The van der Waals surface area contributed by atoms with Crippen molar-refractivity contribution < 1.29 is 26.7 Å². The molecular formula is C18H24F2N2O4S. The van der Waals surface area contributed by atoms with Crippen LogP contribution in [0, 0.1) is 17.6 Å². The van der Waals surface area contributed by atoms with Gasteiger partial charge in [0.2, 0.25) is 15.9 Å². The summed E-state index contributed by atoms with van der Waals surface area (Å²) in [6, 6.07) is 2.27. The number of benzene rings is 1. The predicted octanol–water partition coefficient (Wildman–Crippen LogP) is 2.05. The Kier molecular flexibility index (Phi) is 6.12. The van der Waals surface area contributed by atoms with Crippen molar-refractivity contribution in [2.45, 2.75) is 49.6 Å². The molecule has 2 saturated heterocycles. The molecule has 150 valence electrons. The number of amides is 1. The molecule has 9 heteroatoms. The summed E-state index contributed by atoms with van der Waals surface area (Å²) in [5, 5.41) is 2.95. The minimum absolute atomic E-state index is 0.0189. The van der Waals surface area contributed by atoms with Crippen LogP contribution in [-0.2, 0) is 19.6 Å². The molecule has 2 unspecified atom stereocenters. The molecular weight excluding hydrogens is 378 g/mol. The number of nitrogens with one attached hydrogen (secondary N) is 1. The molecule has 0 aromatic heterocycles. The molecule has 1 aromatic carbocycles. The molecule has 1 amide bonds. The zero-order valence-corrected chi connectivity index (χ0v) is 16.0. The van der Waals surface area contributed by atoms with Crippen LogP contribution in [-0.4, -0.2) is 50.5 Å². The molecule has 6 nitrogen and oxygen atoms in total. The first kappa shape index (κ1) is 20.2. The van der Waals surface area contributed by atoms with E-state index in [2.05, 4.69) is 5.32 Å². The fourth-order valence-electron chi connectivity index (χ4n) is 3.60. The summed E-state index contributed by atoms with van der Waals surface area (Å²) in [6.07, 6.45) is 2.58. The summed E-state index contributed by atoms with van der Waals surface area (Å²) >= 11 is 0. The van der Waals surface area contributed by atoms with Gasteiger partial charge in [-0.2, -0.15) is 4.31 Å². The van der Waals surface area contributed by atoms with Crippen LogP contribution in [0.5, 0.6) is 0 Å². The van der Waals surface area contributed by atoms with Gasteiger partial charge in [0.15, 0.2) is 0 Å². The van der Waals surface area contributed by atoms with E-state index in [1.807, 2.05) is 6.92 Å². The number of halogens is 2. The van der Waals surface area contributed by atoms with E-state index >= 15 is 0 Å². The number of sulfonamides is 1. The van der Waals surface area contributed by atoms with Crippen molar-refractivity contribution in [3.63, 3.8) is 0 Å². The van der Waals surface area contributed by atoms with Crippen molar-refractivity contribution in [1.29, 1.82) is 0 Å². The van der Waals surface area contributed by atoms with Crippen molar-refractivity contribution in [1.82, 2.24) is 9.62 Å². The number of carbonyl (C=O) groups excluding carboxylic acids is 1. The first-order valence-corrected chi connectivity index (χ1v) is 10.6. The molecule has 0 radical (unpaired) electrons. The second-order valence-corrected chi connectivity index (χ2v) is 9.01. The zero-order valence-electron chi connectivity index (χ0n) is 15.2. The average molecular weight is 402 g/mol. The quantitative estimate of drug-likeness (QED) is 0.818. The number of piperidine rings is 1. The van der Waals surface area contributed by atoms with Crippen LogP contribution in [0.2, 0.25) is 0 Å². The molecule has 2 aliphatic rings. The lowest BCUT2D eigenvalue weighted by molar-refractivity contribution is -0.127. The van der Waals surface area contributed by atoms with E-state index in [1.165, 1.54) is 0 Å². The van der Waals surface area contributed by atoms with Crippen LogP contribution in [0.4, 0.5) is 8.78 Å². The van der Waals surface area contributed by atoms with Crippen molar-refractivity contribution in [3.8, 4) is 0 Å². The molecule has 3 rings (SSSR count). The Morgan fingerprint density at radius 1 is 1.26 bits per heavy atom. The summed E-state index contributed by atoms with van der Waals surface area (Å²) in [6.45, 7) is 2.79. The van der Waals surface area contributed by atoms with Gasteiger partial charge in [0.1, 0.15) is 16.5 Å². The zero-order chi connectivity index (χ0) is 19.6. The largest absolute Gasteiger partial charge is 0.376 e. The van der Waals surface area contributed by atoms with E-state index < -0.39 is 26.6 Å². The monoisotopic (exact) mass is 402 g/mol. The van der Waals surface area contributed by atoms with Crippen LogP contribution in [0.15, 0.2) is 23.1 Å². The summed E-state index contributed by atoms with van der Waals surface area (Å²) < 4.78 is 59.1. The van der Waals surface area contributed by atoms with Crippen LogP contribution in [0.1, 0.15) is 32.6 Å². The summed E-state index contributed by atoms with van der Waals surface area (Å²) in [5.41, 5.74) is 0. The maximum atomic E-state index is 13.9. The number of rotatable bonds is 5. The average Bonchev–Trinajstić information content (AvgIpc) is 3.18. The van der Waals surface area contributed by atoms with Gasteiger partial charge in [-0.15, -0.1) is 0 Å². The third kappa shape index (κ3) is 4.47. The summed E-state index contributed by atoms with van der Waals surface area (Å²) in [5.74, 6) is -2.22. The molecule has 1 N–H and O–H groups in total. The second-order valence-electron chi connectivity index (χ2n) is 7.10. The first-order chi connectivity index (χ1) is 12.8. The van der Waals surface area contributed by atoms with Gasteiger partial charge in [0.25, 0.3) is 0 Å². The van der Waals surface area contributed by atoms with Crippen molar-refractivity contribution >= 4 is 15.9 Å². The summed E-state index contributed by atoms with van der Waals surface area (Å²) in [4.78, 5) is 11.8. The smallest absolute Gasteiger partial charge is 0.246 e. The van der Waals surface area contributed by atoms with Crippen molar-refractivity contribution in [2.75, 3.05) is 19.7 Å². The Hall–Kier alpha value is -1.58. The summed E-state index contributed by atoms with van der Waals surface area (Å²) in [7, 11) is -4.13. The third-order valence-corrected chi connectivity index (χ3v) is 7.14. The standard InChI is InChI=1S/C18H24F2N2O4S/c1-12(16-3-2-10-26-16)21-18(23)13-6-8-22(9-7-13)27(24,25)17-11-14(19)4-5-15(17)20/h4-5,11-13,16H,2-3,6-10H2,1H3,(H,21,23). The molecule has 2 fully saturated rings. The molecule has 27 heavy (non-hydrogen) atoms. The lowest BCUT2D eigenvalue weighted by Crippen LogP contribution is -2.47. The molecule has 0 spiro atoms. The van der Waals surface area contributed by atoms with Gasteiger partial charge in [-0.05, 0) is 50.8 Å². The van der Waals surface area contributed by atoms with Crippen LogP contribution < -0.4 is 5.32 Å². The maximum absolute atomic E-state index is 13.9. The van der Waals surface area contributed by atoms with E-state index in [4.69, 9.17) is 4.74 Å². The number of carbonyl (C=O) groups is 1. The van der Waals surface area contributed by atoms with Gasteiger partial charge in [0, 0.05) is 25.6 Å². The fraction of sp³-hybridized carbons (Fsp3) is 0.611. The molecule has 0 aliphatic carbocycles. The predicted molar refractivity (Wildman–Crippen MR) is 94.4 cm³/mol. The van der Waals surface area contributed by atoms with Gasteiger partial charge < -0.3 is 10.1 Å². The number of ether oxygens (including phenoxy) is 1. The van der Waals surface area contributed by atoms with Crippen LogP contribution in [0.3, 0.4) is 0 Å². The van der Waals surface area contributed by atoms with Gasteiger partial charge in [0.05, 0.1) is 12.1 Å². The van der Waals surface area contributed by atoms with Gasteiger partial charge in [-0.25, -0.2) is 17.2 Å². The molecule has 0 saturated carbocycles. The van der Waals surface area contributed by atoms with E-state index in [0.29, 0.717) is 25.5 Å². The van der Waals surface area contributed by atoms with Gasteiger partial charge in [-0.1, -0.05) is 0 Å². The Morgan fingerprint density at radius 2 is 1.96 bits per heavy atom. The van der Waals surface area contributed by atoms with Crippen molar-refractivity contribution in [3.05, 3.63) is 29.8 Å². The van der Waals surface area contributed by atoms with Gasteiger partial charge in [-0.3, -0.25) is 4.79 Å². The van der Waals surface area contributed by atoms with E-state index in [9.17, 15) is 22.0 Å². The molecule has 2 heterocycles. The van der Waals surface area contributed by atoms with E-state index in [1.54, 1.807) is 0 Å². The molecule has 2 aliphatic heterocycles. The normalized spacial score (nSPS) is 23.3. The first-order valence-electron chi connectivity index (χ1n) is 9.16. The number of hydrogen-bond acceptors (Lipinski definition) is 4. The fourth-order valence-corrected chi connectivity index (χ4v) is 5.15. The molecule has 2 atom stereocenters. The van der Waals surface area contributed by atoms with E-state index in [-0.39, 0.29) is 37.1 Å². The minimum atomic E-state index is -4.13. The maximum Gasteiger partial charge on any atom is 0.246 e. The topological polar surface area (TPSA) is 75.7 Å². The highest BCUT2D eigenvalue weighted by molar-refractivity contribution is 7.89. The Morgan fingerprint density at radius 3 is 2.59 bits per heavy atom. The third-order valence-electron chi connectivity index (χ3n) is 5.23. The highest BCUT2D eigenvalue weighted by Gasteiger charge is 2.34. The molecule has 1 aromatic rings. The van der Waals surface area contributed by atoms with Gasteiger partial charge >= 0.3 is 0 Å². The van der Waals surface area contributed by atoms with E-state index in [0.717, 1.165) is 29.3 Å². The SMILES string of the molecule is CC(NC(=O)C1CCN(S(=O)(=O)c2cc(F)ccc2F)CC1)C1CCCO1. The number of hydrogen-bond donors (Lipinski definition) is 1. The lowest BCUT2D eigenvalue weighted by Gasteiger charge is -2.31. The Bertz CT molecular complexity index is 789. The van der Waals surface area contributed by atoms with Crippen LogP contribution >= 0.6 is 0 Å². The number of nitrogens with zero attached hydrogens (tertiary/aromatic N) is 1.